The molecule has 3 rings (SSSR count). The van der Waals surface area contributed by atoms with E-state index in [0.29, 0.717) is 11.6 Å². The van der Waals surface area contributed by atoms with Crippen LogP contribution in [-0.4, -0.2) is 15.0 Å². The zero-order valence-corrected chi connectivity index (χ0v) is 11.1. The normalized spacial score (nSPS) is 10.7. The molecule has 0 unspecified atom stereocenters. The number of rotatable bonds is 2. The predicted octanol–water partition coefficient (Wildman–Crippen LogP) is 2.61. The highest BCUT2D eigenvalue weighted by atomic mass is 14.8. The largest absolute Gasteiger partial charge is 0.385 e. The van der Waals surface area contributed by atoms with Gasteiger partial charge in [-0.15, -0.1) is 0 Å². The van der Waals surface area contributed by atoms with Gasteiger partial charge in [0.25, 0.3) is 0 Å². The van der Waals surface area contributed by atoms with Crippen molar-refractivity contribution in [2.45, 2.75) is 6.92 Å². The summed E-state index contributed by atoms with van der Waals surface area (Å²) in [6, 6.07) is 7.72. The van der Waals surface area contributed by atoms with E-state index in [0.717, 1.165) is 27.9 Å². The van der Waals surface area contributed by atoms with Crippen LogP contribution in [-0.2, 0) is 0 Å². The molecule has 0 amide bonds. The van der Waals surface area contributed by atoms with Crippen LogP contribution in [0.3, 0.4) is 0 Å². The Hall–Kier alpha value is -2.82. The van der Waals surface area contributed by atoms with Crippen LogP contribution in [0.4, 0.5) is 11.6 Å². The van der Waals surface area contributed by atoms with Crippen LogP contribution < -0.4 is 11.5 Å². The number of aromatic nitrogens is 3. The third-order valence-electron chi connectivity index (χ3n) is 3.29. The molecule has 0 aromatic carbocycles. The lowest BCUT2D eigenvalue weighted by atomic mass is 10.0. The SMILES string of the molecule is Cc1cc(-c2cc[nH]c2N)ncc1-c1cccnc1N. The molecule has 0 spiro atoms. The molecule has 0 saturated carbocycles. The number of aromatic amines is 1. The van der Waals surface area contributed by atoms with E-state index < -0.39 is 0 Å². The zero-order valence-electron chi connectivity index (χ0n) is 11.1. The second kappa shape index (κ2) is 4.70. The number of nitrogens with zero attached hydrogens (tertiary/aromatic N) is 2. The van der Waals surface area contributed by atoms with Crippen molar-refractivity contribution in [3.8, 4) is 22.4 Å². The van der Waals surface area contributed by atoms with Crippen LogP contribution in [0.5, 0.6) is 0 Å². The zero-order chi connectivity index (χ0) is 14.1. The third-order valence-corrected chi connectivity index (χ3v) is 3.29. The van der Waals surface area contributed by atoms with Crippen LogP contribution in [0.2, 0.25) is 0 Å². The lowest BCUT2D eigenvalue weighted by molar-refractivity contribution is 1.27. The van der Waals surface area contributed by atoms with E-state index in [4.69, 9.17) is 11.5 Å². The number of anilines is 2. The third kappa shape index (κ3) is 1.99. The number of hydrogen-bond donors (Lipinski definition) is 3. The minimum atomic E-state index is 0.506. The molecule has 3 aromatic heterocycles. The summed E-state index contributed by atoms with van der Waals surface area (Å²) < 4.78 is 0. The fraction of sp³-hybridized carbons (Fsp3) is 0.0667. The van der Waals surface area contributed by atoms with Crippen LogP contribution in [0, 0.1) is 6.92 Å². The maximum atomic E-state index is 5.91. The maximum Gasteiger partial charge on any atom is 0.131 e. The van der Waals surface area contributed by atoms with Gasteiger partial charge in [0.1, 0.15) is 11.6 Å². The minimum absolute atomic E-state index is 0.506. The van der Waals surface area contributed by atoms with E-state index in [1.165, 1.54) is 0 Å². The van der Waals surface area contributed by atoms with Crippen LogP contribution in [0.15, 0.2) is 42.9 Å². The van der Waals surface area contributed by atoms with Crippen molar-refractivity contribution < 1.29 is 0 Å². The van der Waals surface area contributed by atoms with Gasteiger partial charge in [-0.3, -0.25) is 4.98 Å². The molecule has 0 fully saturated rings. The van der Waals surface area contributed by atoms with Gasteiger partial charge in [0.05, 0.1) is 5.69 Å². The molecule has 0 aliphatic heterocycles. The van der Waals surface area contributed by atoms with Gasteiger partial charge in [-0.2, -0.15) is 0 Å². The molecule has 5 heteroatoms. The van der Waals surface area contributed by atoms with Crippen molar-refractivity contribution in [3.63, 3.8) is 0 Å². The summed E-state index contributed by atoms with van der Waals surface area (Å²) in [6.07, 6.45) is 5.29. The molecule has 20 heavy (non-hydrogen) atoms. The first-order chi connectivity index (χ1) is 9.66. The summed E-state index contributed by atoms with van der Waals surface area (Å²) in [7, 11) is 0. The van der Waals surface area contributed by atoms with Crippen molar-refractivity contribution in [1.82, 2.24) is 15.0 Å². The quantitative estimate of drug-likeness (QED) is 0.664. The molecule has 0 atom stereocenters. The smallest absolute Gasteiger partial charge is 0.131 e. The van der Waals surface area contributed by atoms with Crippen LogP contribution in [0.25, 0.3) is 22.4 Å². The Kier molecular flexibility index (Phi) is 2.87. The van der Waals surface area contributed by atoms with Gasteiger partial charge >= 0.3 is 0 Å². The molecule has 5 nitrogen and oxygen atoms in total. The van der Waals surface area contributed by atoms with E-state index >= 15 is 0 Å². The highest BCUT2D eigenvalue weighted by Crippen LogP contribution is 2.30. The van der Waals surface area contributed by atoms with Crippen molar-refractivity contribution >= 4 is 11.6 Å². The van der Waals surface area contributed by atoms with Crippen molar-refractivity contribution in [2.24, 2.45) is 0 Å². The Bertz CT molecular complexity index is 760. The van der Waals surface area contributed by atoms with Gasteiger partial charge in [-0.1, -0.05) is 0 Å². The summed E-state index contributed by atoms with van der Waals surface area (Å²) in [5, 5.41) is 0. The monoisotopic (exact) mass is 265 g/mol. The average molecular weight is 265 g/mol. The Morgan fingerprint density at radius 3 is 2.55 bits per heavy atom. The highest BCUT2D eigenvalue weighted by molar-refractivity contribution is 5.78. The minimum Gasteiger partial charge on any atom is -0.385 e. The van der Waals surface area contributed by atoms with E-state index in [1.807, 2.05) is 37.4 Å². The first-order valence-corrected chi connectivity index (χ1v) is 6.27. The molecule has 0 bridgehead atoms. The van der Waals surface area contributed by atoms with E-state index in [-0.39, 0.29) is 0 Å². The second-order valence-electron chi connectivity index (χ2n) is 4.63. The Labute approximate surface area is 116 Å². The lowest BCUT2D eigenvalue weighted by Gasteiger charge is -2.09. The molecule has 3 aromatic rings. The number of nitrogens with one attached hydrogen (secondary N) is 1. The topological polar surface area (TPSA) is 93.6 Å². The number of hydrogen-bond acceptors (Lipinski definition) is 4. The Morgan fingerprint density at radius 2 is 1.90 bits per heavy atom. The molecule has 100 valence electrons. The summed E-state index contributed by atoms with van der Waals surface area (Å²) in [5.41, 5.74) is 16.5. The fourth-order valence-electron chi connectivity index (χ4n) is 2.24. The van der Waals surface area contributed by atoms with Gasteiger partial charge in [-0.25, -0.2) is 4.98 Å². The molecular weight excluding hydrogens is 250 g/mol. The number of nitrogen functional groups attached to an aromatic ring is 2. The lowest BCUT2D eigenvalue weighted by Crippen LogP contribution is -1.96. The number of nitrogens with two attached hydrogens (primary N) is 2. The van der Waals surface area contributed by atoms with Crippen LogP contribution >= 0.6 is 0 Å². The Morgan fingerprint density at radius 1 is 1.05 bits per heavy atom. The van der Waals surface area contributed by atoms with Crippen LogP contribution in [0.1, 0.15) is 5.56 Å². The van der Waals surface area contributed by atoms with Crippen molar-refractivity contribution in [3.05, 3.63) is 48.4 Å². The molecule has 5 N–H and O–H groups in total. The molecular formula is C15H15N5. The standard InChI is InChI=1S/C15H15N5/c1-9-7-13(11-4-6-19-15(11)17)20-8-12(9)10-3-2-5-18-14(10)16/h2-8,19H,17H2,1H3,(H2,16,18). The first-order valence-electron chi connectivity index (χ1n) is 6.27. The van der Waals surface area contributed by atoms with Crippen molar-refractivity contribution in [1.29, 1.82) is 0 Å². The van der Waals surface area contributed by atoms with E-state index in [2.05, 4.69) is 15.0 Å². The van der Waals surface area contributed by atoms with E-state index in [1.54, 1.807) is 12.4 Å². The van der Waals surface area contributed by atoms with Gasteiger partial charge < -0.3 is 16.5 Å². The number of pyridine rings is 2. The fourth-order valence-corrected chi connectivity index (χ4v) is 2.24. The summed E-state index contributed by atoms with van der Waals surface area (Å²) in [5.74, 6) is 1.12. The van der Waals surface area contributed by atoms with Gasteiger partial charge in [0.15, 0.2) is 0 Å². The first kappa shape index (κ1) is 12.2. The summed E-state index contributed by atoms with van der Waals surface area (Å²) in [6.45, 7) is 2.02. The van der Waals surface area contributed by atoms with Gasteiger partial charge in [0, 0.05) is 35.3 Å². The molecule has 0 aliphatic rings. The summed E-state index contributed by atoms with van der Waals surface area (Å²) >= 11 is 0. The summed E-state index contributed by atoms with van der Waals surface area (Å²) in [4.78, 5) is 11.5. The second-order valence-corrected chi connectivity index (χ2v) is 4.63. The molecule has 0 radical (unpaired) electrons. The van der Waals surface area contributed by atoms with Gasteiger partial charge in [-0.05, 0) is 36.8 Å². The number of H-pyrrole nitrogens is 1. The molecule has 0 saturated heterocycles. The molecule has 3 heterocycles. The van der Waals surface area contributed by atoms with Gasteiger partial charge in [0.2, 0.25) is 0 Å². The maximum absolute atomic E-state index is 5.91. The highest BCUT2D eigenvalue weighted by Gasteiger charge is 2.10. The Balaban J connectivity index is 2.09. The average Bonchev–Trinajstić information content (AvgIpc) is 2.86. The molecule has 0 aliphatic carbocycles. The predicted molar refractivity (Wildman–Crippen MR) is 80.8 cm³/mol. The number of aryl methyl sites for hydroxylation is 1. The van der Waals surface area contributed by atoms with Crippen molar-refractivity contribution in [2.75, 3.05) is 11.5 Å². The van der Waals surface area contributed by atoms with E-state index in [9.17, 15) is 0 Å².